The maximum atomic E-state index is 12.9. The number of aromatic nitrogens is 1. The first-order valence-corrected chi connectivity index (χ1v) is 9.86. The number of thiazole rings is 1. The van der Waals surface area contributed by atoms with E-state index >= 15 is 0 Å². The van der Waals surface area contributed by atoms with Gasteiger partial charge in [0.25, 0.3) is 0 Å². The third-order valence-corrected chi connectivity index (χ3v) is 6.37. The minimum absolute atomic E-state index is 0.0992. The van der Waals surface area contributed by atoms with Crippen LogP contribution in [0.15, 0.2) is 34.5 Å². The van der Waals surface area contributed by atoms with Crippen molar-refractivity contribution >= 4 is 21.4 Å². The molecule has 0 unspecified atom stereocenters. The van der Waals surface area contributed by atoms with Crippen molar-refractivity contribution < 1.29 is 13.2 Å². The summed E-state index contributed by atoms with van der Waals surface area (Å²) in [5.41, 5.74) is 1.64. The van der Waals surface area contributed by atoms with E-state index in [9.17, 15) is 8.42 Å². The summed E-state index contributed by atoms with van der Waals surface area (Å²) in [5, 5.41) is 2.91. The van der Waals surface area contributed by atoms with Gasteiger partial charge in [0.15, 0.2) is 0 Å². The molecule has 0 aliphatic carbocycles. The number of benzene rings is 1. The van der Waals surface area contributed by atoms with Crippen LogP contribution in [0.4, 0.5) is 0 Å². The number of ether oxygens (including phenoxy) is 1. The molecule has 1 aliphatic rings. The van der Waals surface area contributed by atoms with Crippen molar-refractivity contribution in [2.75, 3.05) is 13.1 Å². The van der Waals surface area contributed by atoms with E-state index in [2.05, 4.69) is 4.98 Å². The van der Waals surface area contributed by atoms with Gasteiger partial charge >= 0.3 is 0 Å². The summed E-state index contributed by atoms with van der Waals surface area (Å²) in [7, 11) is -3.52. The normalized spacial score (nSPS) is 23.1. The van der Waals surface area contributed by atoms with Gasteiger partial charge in [-0.3, -0.25) is 0 Å². The third kappa shape index (κ3) is 3.47. The molecule has 0 amide bonds. The lowest BCUT2D eigenvalue weighted by Crippen LogP contribution is -2.48. The molecule has 1 aromatic carbocycles. The number of rotatable bonds is 3. The highest BCUT2D eigenvalue weighted by molar-refractivity contribution is 7.89. The number of sulfonamides is 1. The van der Waals surface area contributed by atoms with Gasteiger partial charge in [-0.1, -0.05) is 12.1 Å². The third-order valence-electron chi connectivity index (χ3n) is 3.77. The Morgan fingerprint density at radius 1 is 1.26 bits per heavy atom. The van der Waals surface area contributed by atoms with Gasteiger partial charge in [0.05, 0.1) is 27.8 Å². The first-order chi connectivity index (χ1) is 10.9. The molecule has 1 saturated heterocycles. The molecule has 7 heteroatoms. The van der Waals surface area contributed by atoms with Crippen molar-refractivity contribution in [1.29, 1.82) is 0 Å². The fourth-order valence-electron chi connectivity index (χ4n) is 2.79. The number of hydrogen-bond acceptors (Lipinski definition) is 5. The molecule has 124 valence electrons. The summed E-state index contributed by atoms with van der Waals surface area (Å²) in [6.07, 6.45) is -0.198. The molecule has 3 rings (SSSR count). The Bertz CT molecular complexity index is 791. The van der Waals surface area contributed by atoms with Gasteiger partial charge in [-0.15, -0.1) is 11.3 Å². The summed E-state index contributed by atoms with van der Waals surface area (Å²) in [6.45, 7) is 6.49. The monoisotopic (exact) mass is 352 g/mol. The molecule has 23 heavy (non-hydrogen) atoms. The first kappa shape index (κ1) is 16.6. The predicted octanol–water partition coefficient (Wildman–Crippen LogP) is 2.92. The molecule has 5 nitrogen and oxygen atoms in total. The molecule has 0 bridgehead atoms. The van der Waals surface area contributed by atoms with Crippen LogP contribution in [-0.4, -0.2) is 43.0 Å². The molecule has 0 saturated carbocycles. The van der Waals surface area contributed by atoms with E-state index in [1.165, 1.54) is 4.31 Å². The maximum absolute atomic E-state index is 12.9. The van der Waals surface area contributed by atoms with E-state index in [0.717, 1.165) is 16.3 Å². The van der Waals surface area contributed by atoms with Crippen molar-refractivity contribution in [3.05, 3.63) is 34.7 Å². The van der Waals surface area contributed by atoms with E-state index in [-0.39, 0.29) is 12.2 Å². The highest BCUT2D eigenvalue weighted by Gasteiger charge is 2.32. The van der Waals surface area contributed by atoms with Crippen LogP contribution in [0.2, 0.25) is 0 Å². The molecule has 1 aromatic heterocycles. The molecule has 0 radical (unpaired) electrons. The van der Waals surface area contributed by atoms with Crippen LogP contribution in [0.1, 0.15) is 18.9 Å². The summed E-state index contributed by atoms with van der Waals surface area (Å²) in [5.74, 6) is 0. The Kier molecular flexibility index (Phi) is 4.55. The number of morpholine rings is 1. The van der Waals surface area contributed by atoms with Crippen LogP contribution < -0.4 is 0 Å². The molecule has 1 fully saturated rings. The van der Waals surface area contributed by atoms with E-state index < -0.39 is 10.0 Å². The minimum atomic E-state index is -3.52. The standard InChI is InChI=1S/C16H20N2O3S2/c1-11-8-18(9-12(2)21-11)23(19,20)15-6-4-5-14(7-15)16-10-22-13(3)17-16/h4-7,10-12H,8-9H2,1-3H3/t11-,12-/m0/s1. The lowest BCUT2D eigenvalue weighted by molar-refractivity contribution is -0.0440. The zero-order valence-electron chi connectivity index (χ0n) is 13.4. The van der Waals surface area contributed by atoms with Crippen LogP contribution in [0, 0.1) is 6.92 Å². The average Bonchev–Trinajstić information content (AvgIpc) is 2.93. The smallest absolute Gasteiger partial charge is 0.243 e. The molecule has 2 aromatic rings. The van der Waals surface area contributed by atoms with Gasteiger partial charge in [0, 0.05) is 24.0 Å². The fraction of sp³-hybridized carbons (Fsp3) is 0.438. The molecule has 2 heterocycles. The molecular weight excluding hydrogens is 332 g/mol. The van der Waals surface area contributed by atoms with Crippen molar-refractivity contribution in [3.8, 4) is 11.3 Å². The molecule has 2 atom stereocenters. The van der Waals surface area contributed by atoms with Crippen molar-refractivity contribution in [2.24, 2.45) is 0 Å². The van der Waals surface area contributed by atoms with Crippen LogP contribution in [0.5, 0.6) is 0 Å². The number of nitrogens with zero attached hydrogens (tertiary/aromatic N) is 2. The average molecular weight is 352 g/mol. The Morgan fingerprint density at radius 3 is 2.57 bits per heavy atom. The highest BCUT2D eigenvalue weighted by Crippen LogP contribution is 2.27. The Labute approximate surface area is 141 Å². The Hall–Kier alpha value is -1.28. The molecule has 1 aliphatic heterocycles. The number of aryl methyl sites for hydroxylation is 1. The molecule has 0 spiro atoms. The van der Waals surface area contributed by atoms with E-state index in [1.807, 2.05) is 32.2 Å². The van der Waals surface area contributed by atoms with E-state index in [0.29, 0.717) is 18.0 Å². The minimum Gasteiger partial charge on any atom is -0.373 e. The zero-order chi connectivity index (χ0) is 16.6. The molecule has 0 N–H and O–H groups in total. The van der Waals surface area contributed by atoms with Crippen LogP contribution in [0.25, 0.3) is 11.3 Å². The summed E-state index contributed by atoms with van der Waals surface area (Å²) < 4.78 is 33.0. The number of hydrogen-bond donors (Lipinski definition) is 0. The maximum Gasteiger partial charge on any atom is 0.243 e. The molecular formula is C16H20N2O3S2. The zero-order valence-corrected chi connectivity index (χ0v) is 15.0. The second-order valence-electron chi connectivity index (χ2n) is 5.86. The Morgan fingerprint density at radius 2 is 1.96 bits per heavy atom. The first-order valence-electron chi connectivity index (χ1n) is 7.54. The van der Waals surface area contributed by atoms with Crippen molar-refractivity contribution in [2.45, 2.75) is 37.9 Å². The predicted molar refractivity (Wildman–Crippen MR) is 91.1 cm³/mol. The summed E-state index contributed by atoms with van der Waals surface area (Å²) >= 11 is 1.55. The van der Waals surface area contributed by atoms with Crippen molar-refractivity contribution in [3.63, 3.8) is 0 Å². The summed E-state index contributed by atoms with van der Waals surface area (Å²) in [4.78, 5) is 4.74. The topological polar surface area (TPSA) is 59.5 Å². The largest absolute Gasteiger partial charge is 0.373 e. The second-order valence-corrected chi connectivity index (χ2v) is 8.86. The lowest BCUT2D eigenvalue weighted by atomic mass is 10.2. The van der Waals surface area contributed by atoms with E-state index in [4.69, 9.17) is 4.74 Å². The van der Waals surface area contributed by atoms with Crippen LogP contribution in [-0.2, 0) is 14.8 Å². The quantitative estimate of drug-likeness (QED) is 0.852. The van der Waals surface area contributed by atoms with Gasteiger partial charge < -0.3 is 4.74 Å². The SMILES string of the molecule is Cc1nc(-c2cccc(S(=O)(=O)N3C[C@H](C)O[C@@H](C)C3)c2)cs1. The van der Waals surface area contributed by atoms with Gasteiger partial charge in [0.2, 0.25) is 10.0 Å². The second kappa shape index (κ2) is 6.32. The van der Waals surface area contributed by atoms with Gasteiger partial charge in [-0.2, -0.15) is 4.31 Å². The van der Waals surface area contributed by atoms with Gasteiger partial charge in [-0.25, -0.2) is 13.4 Å². The lowest BCUT2D eigenvalue weighted by Gasteiger charge is -2.34. The van der Waals surface area contributed by atoms with Crippen LogP contribution >= 0.6 is 11.3 Å². The van der Waals surface area contributed by atoms with E-state index in [1.54, 1.807) is 29.5 Å². The van der Waals surface area contributed by atoms with Gasteiger partial charge in [-0.05, 0) is 32.9 Å². The van der Waals surface area contributed by atoms with Crippen molar-refractivity contribution in [1.82, 2.24) is 9.29 Å². The van der Waals surface area contributed by atoms with Crippen LogP contribution in [0.3, 0.4) is 0 Å². The summed E-state index contributed by atoms with van der Waals surface area (Å²) in [6, 6.07) is 7.00. The fourth-order valence-corrected chi connectivity index (χ4v) is 5.05. The highest BCUT2D eigenvalue weighted by atomic mass is 32.2. The van der Waals surface area contributed by atoms with Gasteiger partial charge in [0.1, 0.15) is 0 Å². The Balaban J connectivity index is 1.94.